The second-order valence-electron chi connectivity index (χ2n) is 6.64. The van der Waals surface area contributed by atoms with Crippen molar-refractivity contribution in [3.05, 3.63) is 35.4 Å². The van der Waals surface area contributed by atoms with Gasteiger partial charge in [0.1, 0.15) is 0 Å². The zero-order valence-electron chi connectivity index (χ0n) is 15.7. The maximum Gasteiger partial charge on any atom is 0.188 e. The number of guanidine groups is 1. The second kappa shape index (κ2) is 11.9. The Balaban J connectivity index is 1.83. The number of rotatable bonds is 9. The Kier molecular flexibility index (Phi) is 9.37. The monoisotopic (exact) mass is 346 g/mol. The molecule has 1 saturated heterocycles. The molecule has 2 rings (SSSR count). The molecule has 0 radical (unpaired) electrons. The number of nitrogens with two attached hydrogens (primary N) is 1. The number of benzene rings is 1. The van der Waals surface area contributed by atoms with Crippen LogP contribution in [0.2, 0.25) is 0 Å². The summed E-state index contributed by atoms with van der Waals surface area (Å²) in [6.07, 6.45) is 6.31. The van der Waals surface area contributed by atoms with E-state index >= 15 is 0 Å². The third-order valence-corrected chi connectivity index (χ3v) is 4.61. The molecule has 3 N–H and O–H groups in total. The number of likely N-dealkylation sites (tertiary alicyclic amines) is 1. The van der Waals surface area contributed by atoms with Crippen molar-refractivity contribution in [1.82, 2.24) is 10.2 Å². The molecule has 1 aromatic rings. The molecule has 1 aliphatic heterocycles. The summed E-state index contributed by atoms with van der Waals surface area (Å²) < 4.78 is 5.32. The Hall–Kier alpha value is -1.59. The normalized spacial score (nSPS) is 16.6. The summed E-state index contributed by atoms with van der Waals surface area (Å²) in [5, 5.41) is 3.16. The van der Waals surface area contributed by atoms with Crippen molar-refractivity contribution >= 4 is 5.96 Å². The minimum absolute atomic E-state index is 0.515. The van der Waals surface area contributed by atoms with Gasteiger partial charge < -0.3 is 15.8 Å². The maximum atomic E-state index is 5.98. The van der Waals surface area contributed by atoms with Crippen LogP contribution < -0.4 is 11.1 Å². The van der Waals surface area contributed by atoms with Gasteiger partial charge in [0.05, 0.1) is 6.54 Å². The van der Waals surface area contributed by atoms with Gasteiger partial charge in [-0.15, -0.1) is 0 Å². The van der Waals surface area contributed by atoms with Crippen LogP contribution in [0.1, 0.15) is 50.2 Å². The van der Waals surface area contributed by atoms with Gasteiger partial charge in [-0.1, -0.05) is 37.1 Å². The summed E-state index contributed by atoms with van der Waals surface area (Å²) in [7, 11) is 0. The largest absolute Gasteiger partial charge is 0.382 e. The van der Waals surface area contributed by atoms with Crippen molar-refractivity contribution in [2.45, 2.75) is 52.1 Å². The SMILES string of the molecule is CCOCCCNC(N)=NCc1ccccc1CN1CCCCCC1. The molecule has 0 bridgehead atoms. The first-order valence-electron chi connectivity index (χ1n) is 9.70. The van der Waals surface area contributed by atoms with Gasteiger partial charge >= 0.3 is 0 Å². The first-order valence-corrected chi connectivity index (χ1v) is 9.70. The number of hydrogen-bond acceptors (Lipinski definition) is 3. The van der Waals surface area contributed by atoms with Crippen LogP contribution in [0.15, 0.2) is 29.3 Å². The molecule has 0 aliphatic carbocycles. The van der Waals surface area contributed by atoms with E-state index in [-0.39, 0.29) is 0 Å². The van der Waals surface area contributed by atoms with Crippen molar-refractivity contribution in [3.63, 3.8) is 0 Å². The molecule has 25 heavy (non-hydrogen) atoms. The fraction of sp³-hybridized carbons (Fsp3) is 0.650. The number of nitrogens with one attached hydrogen (secondary N) is 1. The standard InChI is InChI=1S/C20H34N4O/c1-2-25-15-9-12-22-20(21)23-16-18-10-5-6-11-19(18)17-24-13-7-3-4-8-14-24/h5-6,10-11H,2-4,7-9,12-17H2,1H3,(H3,21,22,23). The van der Waals surface area contributed by atoms with E-state index in [0.29, 0.717) is 12.5 Å². The quantitative estimate of drug-likeness (QED) is 0.410. The molecule has 1 fully saturated rings. The molecule has 0 spiro atoms. The molecule has 0 unspecified atom stereocenters. The summed E-state index contributed by atoms with van der Waals surface area (Å²) >= 11 is 0. The summed E-state index contributed by atoms with van der Waals surface area (Å²) in [5.74, 6) is 0.515. The minimum Gasteiger partial charge on any atom is -0.382 e. The van der Waals surface area contributed by atoms with E-state index in [9.17, 15) is 0 Å². The number of aliphatic imine (C=N–C) groups is 1. The molecule has 0 saturated carbocycles. The fourth-order valence-electron chi connectivity index (χ4n) is 3.16. The van der Waals surface area contributed by atoms with Crippen molar-refractivity contribution in [1.29, 1.82) is 0 Å². The molecule has 1 heterocycles. The Bertz CT molecular complexity index is 510. The van der Waals surface area contributed by atoms with Gasteiger partial charge in [0.25, 0.3) is 0 Å². The smallest absolute Gasteiger partial charge is 0.188 e. The van der Waals surface area contributed by atoms with Crippen LogP contribution in [0.5, 0.6) is 0 Å². The zero-order valence-corrected chi connectivity index (χ0v) is 15.7. The topological polar surface area (TPSA) is 62.9 Å². The lowest BCUT2D eigenvalue weighted by molar-refractivity contribution is 0.145. The van der Waals surface area contributed by atoms with E-state index in [1.807, 2.05) is 6.92 Å². The molecular weight excluding hydrogens is 312 g/mol. The van der Waals surface area contributed by atoms with E-state index in [1.54, 1.807) is 0 Å². The van der Waals surface area contributed by atoms with Crippen molar-refractivity contribution in [3.8, 4) is 0 Å². The highest BCUT2D eigenvalue weighted by atomic mass is 16.5. The van der Waals surface area contributed by atoms with Crippen LogP contribution in [0.4, 0.5) is 0 Å². The van der Waals surface area contributed by atoms with Gasteiger partial charge in [-0.25, -0.2) is 4.99 Å². The Morgan fingerprint density at radius 3 is 2.60 bits per heavy atom. The lowest BCUT2D eigenvalue weighted by Crippen LogP contribution is -2.33. The highest BCUT2D eigenvalue weighted by molar-refractivity contribution is 5.77. The molecule has 1 aromatic carbocycles. The molecule has 0 amide bonds. The van der Waals surface area contributed by atoms with Gasteiger partial charge in [-0.05, 0) is 50.4 Å². The molecule has 5 heteroatoms. The van der Waals surface area contributed by atoms with Gasteiger partial charge in [-0.2, -0.15) is 0 Å². The Morgan fingerprint density at radius 2 is 1.88 bits per heavy atom. The molecule has 1 aliphatic rings. The summed E-state index contributed by atoms with van der Waals surface area (Å²) in [4.78, 5) is 7.08. The van der Waals surface area contributed by atoms with Crippen LogP contribution >= 0.6 is 0 Å². The summed E-state index contributed by atoms with van der Waals surface area (Å²) in [6, 6.07) is 8.60. The first kappa shape index (κ1) is 19.7. The Labute approximate surface area is 152 Å². The van der Waals surface area contributed by atoms with Crippen molar-refractivity contribution < 1.29 is 4.74 Å². The van der Waals surface area contributed by atoms with Crippen LogP contribution in [-0.2, 0) is 17.8 Å². The molecule has 0 aromatic heterocycles. The van der Waals surface area contributed by atoms with E-state index in [2.05, 4.69) is 39.5 Å². The lowest BCUT2D eigenvalue weighted by atomic mass is 10.1. The van der Waals surface area contributed by atoms with Gasteiger partial charge in [0.15, 0.2) is 5.96 Å². The highest BCUT2D eigenvalue weighted by Gasteiger charge is 2.11. The van der Waals surface area contributed by atoms with Gasteiger partial charge in [-0.3, -0.25) is 4.90 Å². The minimum atomic E-state index is 0.515. The van der Waals surface area contributed by atoms with Crippen LogP contribution in [-0.4, -0.2) is 43.7 Å². The number of hydrogen-bond donors (Lipinski definition) is 2. The molecule has 5 nitrogen and oxygen atoms in total. The van der Waals surface area contributed by atoms with Crippen LogP contribution in [0.25, 0.3) is 0 Å². The summed E-state index contributed by atoms with van der Waals surface area (Å²) in [5.41, 5.74) is 8.62. The van der Waals surface area contributed by atoms with Crippen molar-refractivity contribution in [2.75, 3.05) is 32.8 Å². The third-order valence-electron chi connectivity index (χ3n) is 4.61. The summed E-state index contributed by atoms with van der Waals surface area (Å²) in [6.45, 7) is 8.40. The average molecular weight is 347 g/mol. The second-order valence-corrected chi connectivity index (χ2v) is 6.64. The molecular formula is C20H34N4O. The Morgan fingerprint density at radius 1 is 1.16 bits per heavy atom. The van der Waals surface area contributed by atoms with Crippen LogP contribution in [0, 0.1) is 0 Å². The van der Waals surface area contributed by atoms with E-state index in [1.165, 1.54) is 49.9 Å². The van der Waals surface area contributed by atoms with Gasteiger partial charge in [0.2, 0.25) is 0 Å². The lowest BCUT2D eigenvalue weighted by Gasteiger charge is -2.21. The zero-order chi connectivity index (χ0) is 17.7. The predicted molar refractivity (Wildman–Crippen MR) is 105 cm³/mol. The number of ether oxygens (including phenoxy) is 1. The first-order chi connectivity index (χ1) is 12.3. The maximum absolute atomic E-state index is 5.98. The predicted octanol–water partition coefficient (Wildman–Crippen LogP) is 2.89. The van der Waals surface area contributed by atoms with E-state index < -0.39 is 0 Å². The molecule has 140 valence electrons. The highest BCUT2D eigenvalue weighted by Crippen LogP contribution is 2.16. The van der Waals surface area contributed by atoms with Gasteiger partial charge in [0, 0.05) is 26.3 Å². The van der Waals surface area contributed by atoms with E-state index in [4.69, 9.17) is 10.5 Å². The van der Waals surface area contributed by atoms with E-state index in [0.717, 1.165) is 32.7 Å². The fourth-order valence-corrected chi connectivity index (χ4v) is 3.16. The van der Waals surface area contributed by atoms with Crippen molar-refractivity contribution in [2.24, 2.45) is 10.7 Å². The molecule has 0 atom stereocenters. The number of nitrogens with zero attached hydrogens (tertiary/aromatic N) is 2. The average Bonchev–Trinajstić information content (AvgIpc) is 2.89. The van der Waals surface area contributed by atoms with Crippen LogP contribution in [0.3, 0.4) is 0 Å². The third kappa shape index (κ3) is 7.88.